The molecule has 22 heavy (non-hydrogen) atoms. The van der Waals surface area contributed by atoms with Crippen LogP contribution in [0.25, 0.3) is 0 Å². The highest BCUT2D eigenvalue weighted by Crippen LogP contribution is 2.33. The minimum atomic E-state index is -1.97. The summed E-state index contributed by atoms with van der Waals surface area (Å²) in [7, 11) is -0.372. The van der Waals surface area contributed by atoms with Crippen LogP contribution in [0.2, 0.25) is 19.6 Å². The largest absolute Gasteiger partial charge is 0.497 e. The van der Waals surface area contributed by atoms with Crippen molar-refractivity contribution < 1.29 is 18.4 Å². The zero-order valence-corrected chi connectivity index (χ0v) is 14.7. The van der Waals surface area contributed by atoms with E-state index >= 15 is 0 Å². The van der Waals surface area contributed by atoms with Crippen molar-refractivity contribution in [1.29, 1.82) is 0 Å². The van der Waals surface area contributed by atoms with Crippen LogP contribution in [0.5, 0.6) is 5.75 Å². The standard InChI is InChI=1S/C17H22O4Si/c1-17(21-22(3,4)5,15-7-6-12-20-15)16(18)13-8-10-14(19-2)11-9-13/h6-12H,1-5H3. The van der Waals surface area contributed by atoms with Gasteiger partial charge < -0.3 is 13.6 Å². The summed E-state index contributed by atoms with van der Waals surface area (Å²) in [6.45, 7) is 7.93. The molecule has 0 aliphatic rings. The zero-order chi connectivity index (χ0) is 16.4. The van der Waals surface area contributed by atoms with Crippen molar-refractivity contribution in [3.05, 3.63) is 54.0 Å². The van der Waals surface area contributed by atoms with Crippen LogP contribution in [0.4, 0.5) is 0 Å². The molecule has 0 saturated heterocycles. The van der Waals surface area contributed by atoms with Crippen LogP contribution in [0, 0.1) is 0 Å². The van der Waals surface area contributed by atoms with Gasteiger partial charge in [0.05, 0.1) is 13.4 Å². The van der Waals surface area contributed by atoms with Gasteiger partial charge in [0.15, 0.2) is 13.9 Å². The number of rotatable bonds is 6. The van der Waals surface area contributed by atoms with Crippen LogP contribution in [0.3, 0.4) is 0 Å². The lowest BCUT2D eigenvalue weighted by Gasteiger charge is -2.33. The van der Waals surface area contributed by atoms with Crippen molar-refractivity contribution in [3.8, 4) is 5.75 Å². The Morgan fingerprint density at radius 1 is 1.14 bits per heavy atom. The number of carbonyl (C=O) groups excluding carboxylic acids is 1. The van der Waals surface area contributed by atoms with E-state index in [1.54, 1.807) is 56.7 Å². The molecule has 0 amide bonds. The molecule has 0 radical (unpaired) electrons. The van der Waals surface area contributed by atoms with Crippen molar-refractivity contribution in [1.82, 2.24) is 0 Å². The second kappa shape index (κ2) is 6.10. The second-order valence-electron chi connectivity index (χ2n) is 6.28. The SMILES string of the molecule is COc1ccc(C(=O)C(C)(O[Si](C)(C)C)c2ccco2)cc1. The molecule has 0 saturated carbocycles. The van der Waals surface area contributed by atoms with Crippen molar-refractivity contribution >= 4 is 14.1 Å². The average Bonchev–Trinajstić information content (AvgIpc) is 2.99. The van der Waals surface area contributed by atoms with E-state index in [9.17, 15) is 4.79 Å². The first-order chi connectivity index (χ1) is 10.3. The van der Waals surface area contributed by atoms with Crippen LogP contribution < -0.4 is 4.74 Å². The summed E-state index contributed by atoms with van der Waals surface area (Å²) in [5, 5.41) is 0. The number of methoxy groups -OCH3 is 1. The summed E-state index contributed by atoms with van der Waals surface area (Å²) in [6, 6.07) is 10.6. The maximum Gasteiger partial charge on any atom is 0.201 e. The minimum absolute atomic E-state index is 0.118. The maximum absolute atomic E-state index is 13.0. The normalized spacial score (nSPS) is 14.4. The first-order valence-corrected chi connectivity index (χ1v) is 10.6. The Labute approximate surface area is 132 Å². The summed E-state index contributed by atoms with van der Waals surface area (Å²) in [6.07, 6.45) is 1.56. The summed E-state index contributed by atoms with van der Waals surface area (Å²) >= 11 is 0. The van der Waals surface area contributed by atoms with E-state index in [-0.39, 0.29) is 5.78 Å². The number of ether oxygens (including phenoxy) is 1. The smallest absolute Gasteiger partial charge is 0.201 e. The van der Waals surface area contributed by atoms with Gasteiger partial charge in [-0.3, -0.25) is 4.79 Å². The molecule has 1 aromatic heterocycles. The van der Waals surface area contributed by atoms with Crippen molar-refractivity contribution in [2.24, 2.45) is 0 Å². The number of ketones is 1. The number of furan rings is 1. The third-order valence-corrected chi connectivity index (χ3v) is 4.31. The fourth-order valence-electron chi connectivity index (χ4n) is 2.39. The Bertz CT molecular complexity index is 626. The molecule has 118 valence electrons. The first-order valence-electron chi connectivity index (χ1n) is 7.19. The molecular weight excluding hydrogens is 296 g/mol. The molecule has 4 nitrogen and oxygen atoms in total. The van der Waals surface area contributed by atoms with Crippen LogP contribution in [-0.2, 0) is 10.0 Å². The molecule has 1 heterocycles. The molecule has 2 rings (SSSR count). The van der Waals surface area contributed by atoms with E-state index in [0.717, 1.165) is 0 Å². The van der Waals surface area contributed by atoms with Crippen LogP contribution in [0.15, 0.2) is 47.1 Å². The topological polar surface area (TPSA) is 48.7 Å². The van der Waals surface area contributed by atoms with Crippen molar-refractivity contribution in [2.45, 2.75) is 32.2 Å². The van der Waals surface area contributed by atoms with Gasteiger partial charge in [-0.05, 0) is 63.0 Å². The lowest BCUT2D eigenvalue weighted by atomic mass is 9.92. The quantitative estimate of drug-likeness (QED) is 0.590. The van der Waals surface area contributed by atoms with Gasteiger partial charge in [-0.2, -0.15) is 0 Å². The van der Waals surface area contributed by atoms with Crippen molar-refractivity contribution in [3.63, 3.8) is 0 Å². The Hall–Kier alpha value is -1.85. The lowest BCUT2D eigenvalue weighted by molar-refractivity contribution is 0.0383. The molecule has 0 aliphatic heterocycles. The summed E-state index contributed by atoms with van der Waals surface area (Å²) in [5.41, 5.74) is -0.555. The first kappa shape index (κ1) is 16.5. The maximum atomic E-state index is 13.0. The molecule has 2 aromatic rings. The van der Waals surface area contributed by atoms with Gasteiger partial charge in [-0.1, -0.05) is 0 Å². The molecule has 0 aliphatic carbocycles. The number of hydrogen-bond acceptors (Lipinski definition) is 4. The highest BCUT2D eigenvalue weighted by atomic mass is 28.4. The third kappa shape index (κ3) is 3.48. The molecule has 0 bridgehead atoms. The molecule has 0 spiro atoms. The molecule has 5 heteroatoms. The molecule has 0 fully saturated rings. The molecule has 0 N–H and O–H groups in total. The molecule has 1 aromatic carbocycles. The van der Waals surface area contributed by atoms with Crippen LogP contribution in [0.1, 0.15) is 23.0 Å². The Balaban J connectivity index is 2.42. The average molecular weight is 318 g/mol. The fraction of sp³-hybridized carbons (Fsp3) is 0.353. The molecule has 1 atom stereocenters. The number of hydrogen-bond donors (Lipinski definition) is 0. The number of carbonyl (C=O) groups is 1. The van der Waals surface area contributed by atoms with E-state index in [0.29, 0.717) is 17.1 Å². The minimum Gasteiger partial charge on any atom is -0.497 e. The zero-order valence-electron chi connectivity index (χ0n) is 13.7. The lowest BCUT2D eigenvalue weighted by Crippen LogP contribution is -2.44. The van der Waals surface area contributed by atoms with E-state index in [4.69, 9.17) is 13.6 Å². The summed E-state index contributed by atoms with van der Waals surface area (Å²) in [4.78, 5) is 13.0. The van der Waals surface area contributed by atoms with Gasteiger partial charge in [0.1, 0.15) is 11.5 Å². The van der Waals surface area contributed by atoms with Crippen LogP contribution in [-0.4, -0.2) is 21.2 Å². The predicted molar refractivity (Wildman–Crippen MR) is 87.8 cm³/mol. The van der Waals surface area contributed by atoms with Gasteiger partial charge in [-0.15, -0.1) is 0 Å². The second-order valence-corrected chi connectivity index (χ2v) is 10.7. The fourth-order valence-corrected chi connectivity index (χ4v) is 3.81. The predicted octanol–water partition coefficient (Wildman–Crippen LogP) is 4.24. The monoisotopic (exact) mass is 318 g/mol. The Morgan fingerprint density at radius 3 is 2.23 bits per heavy atom. The summed E-state index contributed by atoms with van der Waals surface area (Å²) in [5.74, 6) is 1.12. The highest BCUT2D eigenvalue weighted by molar-refractivity contribution is 6.70. The Kier molecular flexibility index (Phi) is 4.58. The van der Waals surface area contributed by atoms with Crippen molar-refractivity contribution in [2.75, 3.05) is 7.11 Å². The van der Waals surface area contributed by atoms with Gasteiger partial charge in [0, 0.05) is 5.56 Å². The number of benzene rings is 1. The van der Waals surface area contributed by atoms with E-state index in [1.807, 2.05) is 0 Å². The van der Waals surface area contributed by atoms with Gasteiger partial charge in [-0.25, -0.2) is 0 Å². The van der Waals surface area contributed by atoms with Crippen LogP contribution >= 0.6 is 0 Å². The van der Waals surface area contributed by atoms with E-state index in [1.165, 1.54) is 0 Å². The Morgan fingerprint density at radius 2 is 1.77 bits per heavy atom. The number of Topliss-reactive ketones (excluding diaryl/α,β-unsaturated/α-hetero) is 1. The van der Waals surface area contributed by atoms with E-state index < -0.39 is 13.9 Å². The molecular formula is C17H22O4Si. The van der Waals surface area contributed by atoms with E-state index in [2.05, 4.69) is 19.6 Å². The van der Waals surface area contributed by atoms with Gasteiger partial charge in [0.2, 0.25) is 5.78 Å². The van der Waals surface area contributed by atoms with Gasteiger partial charge >= 0.3 is 0 Å². The molecule has 1 unspecified atom stereocenters. The summed E-state index contributed by atoms with van der Waals surface area (Å²) < 4.78 is 16.8. The highest BCUT2D eigenvalue weighted by Gasteiger charge is 2.43. The third-order valence-electron chi connectivity index (χ3n) is 3.29. The van der Waals surface area contributed by atoms with Gasteiger partial charge in [0.25, 0.3) is 0 Å².